The fourth-order valence-corrected chi connectivity index (χ4v) is 4.12. The Hall–Kier alpha value is -1.98. The number of halogens is 1. The highest BCUT2D eigenvalue weighted by molar-refractivity contribution is 7.99. The summed E-state index contributed by atoms with van der Waals surface area (Å²) < 4.78 is 0. The Labute approximate surface area is 183 Å². The van der Waals surface area contributed by atoms with Crippen LogP contribution in [0, 0.1) is 6.92 Å². The number of thioether (sulfide) groups is 1. The van der Waals surface area contributed by atoms with Gasteiger partial charge in [0.15, 0.2) is 0 Å². The first-order chi connectivity index (χ1) is 13.8. The number of nitrogens with one attached hydrogen (secondary N) is 1. The Kier molecular flexibility index (Phi) is 9.05. The average molecular weight is 433 g/mol. The van der Waals surface area contributed by atoms with Gasteiger partial charge in [-0.3, -0.25) is 9.59 Å². The van der Waals surface area contributed by atoms with Crippen molar-refractivity contribution in [3.05, 3.63) is 70.2 Å². The predicted octanol–water partition coefficient (Wildman–Crippen LogP) is 4.82. The molecule has 0 aliphatic heterocycles. The minimum absolute atomic E-state index is 0.0171. The molecule has 0 aliphatic rings. The van der Waals surface area contributed by atoms with Gasteiger partial charge in [-0.1, -0.05) is 48.0 Å². The van der Waals surface area contributed by atoms with Gasteiger partial charge in [-0.15, -0.1) is 11.8 Å². The Bertz CT molecular complexity index is 841. The van der Waals surface area contributed by atoms with Gasteiger partial charge in [0.05, 0.1) is 5.75 Å². The molecule has 1 atom stereocenters. The number of carbonyl (C=O) groups is 2. The van der Waals surface area contributed by atoms with Crippen LogP contribution in [0.4, 0.5) is 0 Å². The predicted molar refractivity (Wildman–Crippen MR) is 122 cm³/mol. The minimum Gasteiger partial charge on any atom is -0.352 e. The van der Waals surface area contributed by atoms with E-state index in [-0.39, 0.29) is 17.9 Å². The van der Waals surface area contributed by atoms with Crippen LogP contribution in [0.25, 0.3) is 0 Å². The molecule has 0 spiro atoms. The minimum atomic E-state index is -0.567. The van der Waals surface area contributed by atoms with Crippen LogP contribution < -0.4 is 5.32 Å². The molecule has 1 unspecified atom stereocenters. The summed E-state index contributed by atoms with van der Waals surface area (Å²) in [5.74, 6) is 0.860. The lowest BCUT2D eigenvalue weighted by molar-refractivity contribution is -0.138. The molecule has 0 radical (unpaired) electrons. The van der Waals surface area contributed by atoms with E-state index in [9.17, 15) is 9.59 Å². The number of carbonyl (C=O) groups excluding carboxylic acids is 2. The SMILES string of the molecule is Cc1ccccc1CSCC(=O)N(Cc1cccc(Cl)c1)C(C)C(=O)NC(C)C. The van der Waals surface area contributed by atoms with E-state index in [0.29, 0.717) is 17.3 Å². The third kappa shape index (κ3) is 7.41. The molecule has 0 aromatic heterocycles. The second kappa shape index (κ2) is 11.3. The highest BCUT2D eigenvalue weighted by Crippen LogP contribution is 2.19. The summed E-state index contributed by atoms with van der Waals surface area (Å²) in [5.41, 5.74) is 3.34. The Morgan fingerprint density at radius 3 is 2.48 bits per heavy atom. The van der Waals surface area contributed by atoms with Crippen molar-refractivity contribution in [2.45, 2.75) is 52.1 Å². The lowest BCUT2D eigenvalue weighted by Gasteiger charge is -2.29. The molecule has 0 saturated carbocycles. The average Bonchev–Trinajstić information content (AvgIpc) is 2.66. The summed E-state index contributed by atoms with van der Waals surface area (Å²) in [7, 11) is 0. The summed E-state index contributed by atoms with van der Waals surface area (Å²) in [6, 6.07) is 15.0. The smallest absolute Gasteiger partial charge is 0.242 e. The van der Waals surface area contributed by atoms with Gasteiger partial charge >= 0.3 is 0 Å². The Morgan fingerprint density at radius 2 is 1.83 bits per heavy atom. The van der Waals surface area contributed by atoms with E-state index in [2.05, 4.69) is 24.4 Å². The van der Waals surface area contributed by atoms with Crippen molar-refractivity contribution in [3.8, 4) is 0 Å². The molecule has 2 rings (SSSR count). The highest BCUT2D eigenvalue weighted by atomic mass is 35.5. The maximum absolute atomic E-state index is 13.0. The number of hydrogen-bond donors (Lipinski definition) is 1. The van der Waals surface area contributed by atoms with Crippen molar-refractivity contribution in [3.63, 3.8) is 0 Å². The second-order valence-corrected chi connectivity index (χ2v) is 8.83. The number of benzene rings is 2. The van der Waals surface area contributed by atoms with Crippen LogP contribution in [0.15, 0.2) is 48.5 Å². The van der Waals surface area contributed by atoms with Crippen LogP contribution in [-0.4, -0.2) is 34.6 Å². The van der Waals surface area contributed by atoms with Crippen molar-refractivity contribution >= 4 is 35.2 Å². The van der Waals surface area contributed by atoms with Gasteiger partial charge in [-0.05, 0) is 56.5 Å². The fourth-order valence-electron chi connectivity index (χ4n) is 2.92. The third-order valence-corrected chi connectivity index (χ3v) is 5.79. The topological polar surface area (TPSA) is 49.4 Å². The van der Waals surface area contributed by atoms with Gasteiger partial charge in [0.1, 0.15) is 6.04 Å². The monoisotopic (exact) mass is 432 g/mol. The first-order valence-corrected chi connectivity index (χ1v) is 11.3. The quantitative estimate of drug-likeness (QED) is 0.617. The van der Waals surface area contributed by atoms with Crippen LogP contribution >= 0.6 is 23.4 Å². The van der Waals surface area contributed by atoms with Gasteiger partial charge in [-0.25, -0.2) is 0 Å². The number of hydrogen-bond acceptors (Lipinski definition) is 3. The molecule has 6 heteroatoms. The van der Waals surface area contributed by atoms with Gasteiger partial charge in [0.25, 0.3) is 0 Å². The zero-order valence-corrected chi connectivity index (χ0v) is 19.0. The molecule has 29 heavy (non-hydrogen) atoms. The normalized spacial score (nSPS) is 11.9. The van der Waals surface area contributed by atoms with Crippen LogP contribution in [-0.2, 0) is 21.9 Å². The van der Waals surface area contributed by atoms with Crippen molar-refractivity contribution in [2.75, 3.05) is 5.75 Å². The number of amides is 2. The first-order valence-electron chi connectivity index (χ1n) is 9.74. The molecule has 0 heterocycles. The fraction of sp³-hybridized carbons (Fsp3) is 0.391. The van der Waals surface area contributed by atoms with E-state index in [1.54, 1.807) is 29.7 Å². The molecule has 1 N–H and O–H groups in total. The molecule has 0 fully saturated rings. The maximum atomic E-state index is 13.0. The molecule has 2 aromatic carbocycles. The van der Waals surface area contributed by atoms with Crippen LogP contribution in [0.3, 0.4) is 0 Å². The lowest BCUT2D eigenvalue weighted by atomic mass is 10.1. The van der Waals surface area contributed by atoms with Crippen LogP contribution in [0.5, 0.6) is 0 Å². The van der Waals surface area contributed by atoms with E-state index < -0.39 is 6.04 Å². The molecule has 2 amide bonds. The summed E-state index contributed by atoms with van der Waals surface area (Å²) in [5, 5.41) is 3.51. The van der Waals surface area contributed by atoms with E-state index >= 15 is 0 Å². The Balaban J connectivity index is 2.09. The third-order valence-electron chi connectivity index (χ3n) is 4.58. The molecule has 0 saturated heterocycles. The Morgan fingerprint density at radius 1 is 1.10 bits per heavy atom. The van der Waals surface area contributed by atoms with Gasteiger partial charge in [0, 0.05) is 23.4 Å². The first kappa shape index (κ1) is 23.3. The van der Waals surface area contributed by atoms with E-state index in [4.69, 9.17) is 11.6 Å². The van der Waals surface area contributed by atoms with Crippen molar-refractivity contribution in [1.29, 1.82) is 0 Å². The zero-order chi connectivity index (χ0) is 21.4. The zero-order valence-electron chi connectivity index (χ0n) is 17.4. The van der Waals surface area contributed by atoms with Crippen molar-refractivity contribution < 1.29 is 9.59 Å². The molecule has 156 valence electrons. The maximum Gasteiger partial charge on any atom is 0.242 e. The van der Waals surface area contributed by atoms with Crippen molar-refractivity contribution in [2.24, 2.45) is 0 Å². The van der Waals surface area contributed by atoms with Crippen LogP contribution in [0.2, 0.25) is 5.02 Å². The summed E-state index contributed by atoms with van der Waals surface area (Å²) in [4.78, 5) is 27.2. The van der Waals surface area contributed by atoms with E-state index in [1.807, 2.05) is 44.2 Å². The lowest BCUT2D eigenvalue weighted by Crippen LogP contribution is -2.49. The second-order valence-electron chi connectivity index (χ2n) is 7.41. The van der Waals surface area contributed by atoms with Gasteiger partial charge < -0.3 is 10.2 Å². The number of nitrogens with zero attached hydrogens (tertiary/aromatic N) is 1. The highest BCUT2D eigenvalue weighted by Gasteiger charge is 2.26. The van der Waals surface area contributed by atoms with E-state index in [1.165, 1.54) is 11.1 Å². The number of aryl methyl sites for hydroxylation is 1. The summed E-state index contributed by atoms with van der Waals surface area (Å²) in [6.07, 6.45) is 0. The standard InChI is InChI=1S/C23H29ClN2O2S/c1-16(2)25-23(28)18(4)26(13-19-9-7-11-21(24)12-19)22(27)15-29-14-20-10-6-5-8-17(20)3/h5-12,16,18H,13-15H2,1-4H3,(H,25,28). The summed E-state index contributed by atoms with van der Waals surface area (Å²) >= 11 is 7.66. The molecule has 2 aromatic rings. The molecule has 0 bridgehead atoms. The van der Waals surface area contributed by atoms with E-state index in [0.717, 1.165) is 11.3 Å². The van der Waals surface area contributed by atoms with Crippen molar-refractivity contribution in [1.82, 2.24) is 10.2 Å². The van der Waals surface area contributed by atoms with Gasteiger partial charge in [0.2, 0.25) is 11.8 Å². The molecular weight excluding hydrogens is 404 g/mol. The van der Waals surface area contributed by atoms with Gasteiger partial charge in [-0.2, -0.15) is 0 Å². The molecular formula is C23H29ClN2O2S. The van der Waals surface area contributed by atoms with Crippen LogP contribution in [0.1, 0.15) is 37.5 Å². The molecule has 4 nitrogen and oxygen atoms in total. The number of rotatable bonds is 9. The molecule has 0 aliphatic carbocycles. The largest absolute Gasteiger partial charge is 0.352 e. The summed E-state index contributed by atoms with van der Waals surface area (Å²) in [6.45, 7) is 8.00.